The zero-order valence-electron chi connectivity index (χ0n) is 9.97. The molecule has 4 atom stereocenters. The van der Waals surface area contributed by atoms with Gasteiger partial charge < -0.3 is 0 Å². The molecule has 0 N–H and O–H groups in total. The van der Waals surface area contributed by atoms with Crippen molar-refractivity contribution in [2.24, 2.45) is 23.7 Å². The van der Waals surface area contributed by atoms with Gasteiger partial charge >= 0.3 is 0 Å². The highest BCUT2D eigenvalue weighted by molar-refractivity contribution is 4.87. The van der Waals surface area contributed by atoms with Crippen molar-refractivity contribution in [3.8, 4) is 0 Å². The molecule has 82 valence electrons. The minimum Gasteiger partial charge on any atom is -0.0654 e. The predicted molar refractivity (Wildman–Crippen MR) is 62.2 cm³/mol. The molecule has 0 radical (unpaired) electrons. The first kappa shape index (κ1) is 10.5. The molecule has 14 heavy (non-hydrogen) atoms. The van der Waals surface area contributed by atoms with Crippen molar-refractivity contribution in [1.29, 1.82) is 0 Å². The predicted octanol–water partition coefficient (Wildman–Crippen LogP) is 4.64. The van der Waals surface area contributed by atoms with Gasteiger partial charge in [0.25, 0.3) is 0 Å². The van der Waals surface area contributed by atoms with E-state index in [0.717, 1.165) is 23.7 Å². The van der Waals surface area contributed by atoms with Crippen molar-refractivity contribution >= 4 is 0 Å². The van der Waals surface area contributed by atoms with Gasteiger partial charge in [-0.25, -0.2) is 0 Å². The third kappa shape index (κ3) is 1.99. The zero-order chi connectivity index (χ0) is 9.97. The van der Waals surface area contributed by atoms with Gasteiger partial charge in [-0.3, -0.25) is 0 Å². The van der Waals surface area contributed by atoms with Gasteiger partial charge in [-0.2, -0.15) is 0 Å². The fourth-order valence-corrected chi connectivity index (χ4v) is 4.10. The van der Waals surface area contributed by atoms with Gasteiger partial charge in [-0.1, -0.05) is 52.4 Å². The standard InChI is InChI=1S/C14H26/c1-3-6-13-11(2)9-10-12-7-4-5-8-14(12)13/h11-14H,3-10H2,1-2H3. The molecular formula is C14H26. The van der Waals surface area contributed by atoms with Crippen LogP contribution in [0, 0.1) is 23.7 Å². The maximum absolute atomic E-state index is 2.51. The third-order valence-corrected chi connectivity index (χ3v) is 4.86. The van der Waals surface area contributed by atoms with Crippen LogP contribution < -0.4 is 0 Å². The molecular weight excluding hydrogens is 168 g/mol. The largest absolute Gasteiger partial charge is 0.0654 e. The van der Waals surface area contributed by atoms with E-state index in [1.807, 2.05) is 0 Å². The van der Waals surface area contributed by atoms with E-state index in [1.54, 1.807) is 19.3 Å². The van der Waals surface area contributed by atoms with Gasteiger partial charge in [0.2, 0.25) is 0 Å². The first-order valence-corrected chi connectivity index (χ1v) is 6.83. The molecule has 2 aliphatic carbocycles. The van der Waals surface area contributed by atoms with E-state index in [0.29, 0.717) is 0 Å². The summed E-state index contributed by atoms with van der Waals surface area (Å²) >= 11 is 0. The van der Waals surface area contributed by atoms with Gasteiger partial charge in [0, 0.05) is 0 Å². The zero-order valence-corrected chi connectivity index (χ0v) is 9.97. The van der Waals surface area contributed by atoms with Crippen molar-refractivity contribution in [3.63, 3.8) is 0 Å². The smallest absolute Gasteiger partial charge is 0.0355 e. The summed E-state index contributed by atoms with van der Waals surface area (Å²) in [5.41, 5.74) is 0. The SMILES string of the molecule is CCCC1C(C)CCC2CCCCC21. The molecule has 0 heteroatoms. The van der Waals surface area contributed by atoms with Crippen molar-refractivity contribution in [1.82, 2.24) is 0 Å². The summed E-state index contributed by atoms with van der Waals surface area (Å²) in [6, 6.07) is 0. The molecule has 0 saturated heterocycles. The number of hydrogen-bond acceptors (Lipinski definition) is 0. The van der Waals surface area contributed by atoms with E-state index in [9.17, 15) is 0 Å². The lowest BCUT2D eigenvalue weighted by Gasteiger charge is -2.45. The van der Waals surface area contributed by atoms with Crippen molar-refractivity contribution in [2.45, 2.75) is 65.2 Å². The molecule has 0 aliphatic heterocycles. The summed E-state index contributed by atoms with van der Waals surface area (Å²) in [5, 5.41) is 0. The Morgan fingerprint density at radius 1 is 1.00 bits per heavy atom. The van der Waals surface area contributed by atoms with E-state index in [2.05, 4.69) is 13.8 Å². The van der Waals surface area contributed by atoms with Crippen LogP contribution in [0.25, 0.3) is 0 Å². The molecule has 0 aromatic carbocycles. The van der Waals surface area contributed by atoms with E-state index in [-0.39, 0.29) is 0 Å². The Kier molecular flexibility index (Phi) is 3.52. The Balaban J connectivity index is 2.01. The number of rotatable bonds is 2. The molecule has 0 heterocycles. The molecule has 0 aromatic rings. The summed E-state index contributed by atoms with van der Waals surface area (Å²) in [7, 11) is 0. The maximum Gasteiger partial charge on any atom is -0.0355 e. The van der Waals surface area contributed by atoms with Crippen LogP contribution in [0.5, 0.6) is 0 Å². The monoisotopic (exact) mass is 194 g/mol. The van der Waals surface area contributed by atoms with E-state index in [4.69, 9.17) is 0 Å². The van der Waals surface area contributed by atoms with Crippen LogP contribution >= 0.6 is 0 Å². The molecule has 2 aliphatic rings. The van der Waals surface area contributed by atoms with Gasteiger partial charge in [-0.05, 0) is 36.5 Å². The summed E-state index contributed by atoms with van der Waals surface area (Å²) in [5.74, 6) is 4.34. The molecule has 0 nitrogen and oxygen atoms in total. The van der Waals surface area contributed by atoms with Crippen LogP contribution in [0.15, 0.2) is 0 Å². The summed E-state index contributed by atoms with van der Waals surface area (Å²) in [6.45, 7) is 4.87. The van der Waals surface area contributed by atoms with E-state index in [1.165, 1.54) is 32.1 Å². The fraction of sp³-hybridized carbons (Fsp3) is 1.00. The Labute approximate surface area is 89.5 Å². The minimum atomic E-state index is 1.02. The highest BCUT2D eigenvalue weighted by Gasteiger charge is 2.37. The first-order valence-electron chi connectivity index (χ1n) is 6.83. The van der Waals surface area contributed by atoms with Crippen LogP contribution in [0.3, 0.4) is 0 Å². The number of hydrogen-bond donors (Lipinski definition) is 0. The van der Waals surface area contributed by atoms with Gasteiger partial charge in [0.1, 0.15) is 0 Å². The Hall–Kier alpha value is 0. The Morgan fingerprint density at radius 2 is 1.79 bits per heavy atom. The quantitative estimate of drug-likeness (QED) is 0.601. The Morgan fingerprint density at radius 3 is 2.57 bits per heavy atom. The van der Waals surface area contributed by atoms with Crippen LogP contribution in [0.4, 0.5) is 0 Å². The number of fused-ring (bicyclic) bond motifs is 1. The van der Waals surface area contributed by atoms with Gasteiger partial charge in [0.05, 0.1) is 0 Å². The lowest BCUT2D eigenvalue weighted by atomic mass is 9.61. The normalized spacial score (nSPS) is 43.3. The average molecular weight is 194 g/mol. The van der Waals surface area contributed by atoms with Crippen molar-refractivity contribution < 1.29 is 0 Å². The summed E-state index contributed by atoms with van der Waals surface area (Å²) in [6.07, 6.45) is 12.1. The van der Waals surface area contributed by atoms with Crippen LogP contribution in [-0.4, -0.2) is 0 Å². The highest BCUT2D eigenvalue weighted by Crippen LogP contribution is 2.47. The van der Waals surface area contributed by atoms with Crippen LogP contribution in [-0.2, 0) is 0 Å². The minimum absolute atomic E-state index is 1.02. The fourth-order valence-electron chi connectivity index (χ4n) is 4.10. The molecule has 0 amide bonds. The van der Waals surface area contributed by atoms with Crippen molar-refractivity contribution in [2.75, 3.05) is 0 Å². The second-order valence-corrected chi connectivity index (χ2v) is 5.72. The van der Waals surface area contributed by atoms with Gasteiger partial charge in [0.15, 0.2) is 0 Å². The molecule has 0 bridgehead atoms. The second kappa shape index (κ2) is 4.68. The molecule has 2 rings (SSSR count). The second-order valence-electron chi connectivity index (χ2n) is 5.72. The lowest BCUT2D eigenvalue weighted by molar-refractivity contribution is 0.0561. The van der Waals surface area contributed by atoms with Crippen molar-refractivity contribution in [3.05, 3.63) is 0 Å². The molecule has 0 spiro atoms. The molecule has 2 fully saturated rings. The lowest BCUT2D eigenvalue weighted by Crippen LogP contribution is -2.35. The maximum atomic E-state index is 2.51. The van der Waals surface area contributed by atoms with Gasteiger partial charge in [-0.15, -0.1) is 0 Å². The summed E-state index contributed by atoms with van der Waals surface area (Å²) < 4.78 is 0. The Bertz CT molecular complexity index is 171. The third-order valence-electron chi connectivity index (χ3n) is 4.86. The molecule has 2 saturated carbocycles. The molecule has 4 unspecified atom stereocenters. The topological polar surface area (TPSA) is 0 Å². The van der Waals surface area contributed by atoms with E-state index < -0.39 is 0 Å². The average Bonchev–Trinajstić information content (AvgIpc) is 2.23. The highest BCUT2D eigenvalue weighted by atomic mass is 14.4. The summed E-state index contributed by atoms with van der Waals surface area (Å²) in [4.78, 5) is 0. The van der Waals surface area contributed by atoms with E-state index >= 15 is 0 Å². The first-order chi connectivity index (χ1) is 6.83. The molecule has 0 aromatic heterocycles. The van der Waals surface area contributed by atoms with Crippen LogP contribution in [0.1, 0.15) is 65.2 Å². The van der Waals surface area contributed by atoms with Crippen LogP contribution in [0.2, 0.25) is 0 Å².